The van der Waals surface area contributed by atoms with E-state index < -0.39 is 39.5 Å². The maximum absolute atomic E-state index is 12.7. The molecule has 0 saturated heterocycles. The average molecular weight is 526 g/mol. The number of nitrogens with zero attached hydrogens (tertiary/aromatic N) is 3. The summed E-state index contributed by atoms with van der Waals surface area (Å²) in [7, 11) is -4.54. The smallest absolute Gasteiger partial charge is 0.258 e. The number of amides is 1. The molecule has 13 heteroatoms. The van der Waals surface area contributed by atoms with Crippen LogP contribution in [0.25, 0.3) is 28.0 Å². The van der Waals surface area contributed by atoms with Crippen LogP contribution in [0.1, 0.15) is 10.4 Å². The molecule has 34 heavy (non-hydrogen) atoms. The normalized spacial score (nSPS) is 11.8. The quantitative estimate of drug-likeness (QED) is 0.394. The Morgan fingerprint density at radius 3 is 2.38 bits per heavy atom. The first-order chi connectivity index (χ1) is 16.1. The van der Waals surface area contributed by atoms with E-state index in [1.165, 1.54) is 6.20 Å². The van der Waals surface area contributed by atoms with E-state index in [4.69, 9.17) is 28.3 Å². The zero-order valence-corrected chi connectivity index (χ0v) is 19.4. The van der Waals surface area contributed by atoms with E-state index in [1.807, 2.05) is 5.32 Å². The van der Waals surface area contributed by atoms with Crippen molar-refractivity contribution in [1.82, 2.24) is 19.9 Å². The van der Waals surface area contributed by atoms with Gasteiger partial charge < -0.3 is 5.32 Å². The highest BCUT2D eigenvalue weighted by molar-refractivity contribution is 7.89. The summed E-state index contributed by atoms with van der Waals surface area (Å²) in [6, 6.07) is 13.4. The first-order valence-corrected chi connectivity index (χ1v) is 11.9. The highest BCUT2D eigenvalue weighted by Crippen LogP contribution is 2.37. The van der Waals surface area contributed by atoms with Gasteiger partial charge >= 0.3 is 0 Å². The largest absolute Gasteiger partial charge is 0.346 e. The van der Waals surface area contributed by atoms with Crippen molar-refractivity contribution in [1.29, 1.82) is 0 Å². The summed E-state index contributed by atoms with van der Waals surface area (Å²) in [6.45, 7) is -0.998. The molecule has 2 heterocycles. The number of hydrogen-bond acceptors (Lipinski definition) is 5. The molecule has 2 aromatic carbocycles. The van der Waals surface area contributed by atoms with Crippen molar-refractivity contribution in [3.8, 4) is 22.4 Å². The fourth-order valence-electron chi connectivity index (χ4n) is 3.38. The number of benzene rings is 2. The Balaban J connectivity index is 2.09. The minimum absolute atomic E-state index is 0.198. The molecule has 0 unspecified atom stereocenters. The average Bonchev–Trinajstić information content (AvgIpc) is 3.18. The molecule has 0 aliphatic carbocycles. The molecule has 2 aromatic heterocycles. The summed E-state index contributed by atoms with van der Waals surface area (Å²) in [5.74, 6) is -1.11. The van der Waals surface area contributed by atoms with Gasteiger partial charge in [0.05, 0.1) is 12.2 Å². The van der Waals surface area contributed by atoms with Gasteiger partial charge in [-0.3, -0.25) is 4.79 Å². The lowest BCUT2D eigenvalue weighted by Crippen LogP contribution is -2.30. The molecule has 0 saturated carbocycles. The number of hydrogen-bond donors (Lipinski definition) is 2. The Kier molecular flexibility index (Phi) is 6.54. The van der Waals surface area contributed by atoms with Crippen LogP contribution in [0.3, 0.4) is 0 Å². The van der Waals surface area contributed by atoms with Crippen LogP contribution >= 0.6 is 23.2 Å². The van der Waals surface area contributed by atoms with Crippen LogP contribution in [-0.4, -0.2) is 41.9 Å². The molecule has 1 amide bonds. The van der Waals surface area contributed by atoms with Gasteiger partial charge in [-0.05, 0) is 18.2 Å². The van der Waals surface area contributed by atoms with E-state index in [0.29, 0.717) is 32.4 Å². The van der Waals surface area contributed by atoms with Crippen LogP contribution in [-0.2, 0) is 10.0 Å². The maximum Gasteiger partial charge on any atom is 0.258 e. The monoisotopic (exact) mass is 525 g/mol. The highest BCUT2D eigenvalue weighted by atomic mass is 35.5. The first kappa shape index (κ1) is 24.0. The van der Waals surface area contributed by atoms with Crippen LogP contribution in [0.2, 0.25) is 10.0 Å². The number of nitrogens with one attached hydrogen (secondary N) is 1. The number of nitrogens with two attached hydrogens (primary N) is 1. The van der Waals surface area contributed by atoms with E-state index >= 15 is 0 Å². The number of carbonyl (C=O) groups excluding carboxylic acids is 1. The third kappa shape index (κ3) is 4.60. The van der Waals surface area contributed by atoms with Crippen molar-refractivity contribution in [3.63, 3.8) is 0 Å². The number of aromatic nitrogens is 3. The highest BCUT2D eigenvalue weighted by Gasteiger charge is 2.30. The van der Waals surface area contributed by atoms with Gasteiger partial charge in [-0.1, -0.05) is 53.5 Å². The second-order valence-electron chi connectivity index (χ2n) is 7.07. The van der Waals surface area contributed by atoms with Crippen molar-refractivity contribution in [2.75, 3.05) is 6.54 Å². The van der Waals surface area contributed by atoms with Crippen molar-refractivity contribution < 1.29 is 22.0 Å². The van der Waals surface area contributed by atoms with Crippen molar-refractivity contribution >= 4 is 44.8 Å². The minimum Gasteiger partial charge on any atom is -0.346 e. The minimum atomic E-state index is -4.54. The van der Waals surface area contributed by atoms with Gasteiger partial charge in [0.15, 0.2) is 5.65 Å². The van der Waals surface area contributed by atoms with Gasteiger partial charge in [0.25, 0.3) is 22.4 Å². The Bertz CT molecular complexity index is 1510. The standard InChI is InChI=1S/C21H15Cl2F2N5O3S/c22-12-7-5-11(6-8-12)18-14(13-3-1-2-4-15(13)23)9-27-19-17(20(31)28-10-16(24)25)21(29-30(18)19)34(26,32)33/h1-9,16H,10H2,(H,28,31)(H2,26,32,33). The Morgan fingerprint density at radius 2 is 1.76 bits per heavy atom. The zero-order chi connectivity index (χ0) is 24.6. The molecule has 0 atom stereocenters. The molecule has 4 aromatic rings. The molecule has 4 rings (SSSR count). The molecular weight excluding hydrogens is 511 g/mol. The van der Waals surface area contributed by atoms with Crippen molar-refractivity contribution in [2.24, 2.45) is 5.14 Å². The number of halogens is 4. The molecular formula is C21H15Cl2F2N5O3S. The van der Waals surface area contributed by atoms with Crippen LogP contribution in [0.4, 0.5) is 8.78 Å². The molecule has 8 nitrogen and oxygen atoms in total. The van der Waals surface area contributed by atoms with E-state index in [9.17, 15) is 22.0 Å². The van der Waals surface area contributed by atoms with Crippen molar-refractivity contribution in [2.45, 2.75) is 11.5 Å². The topological polar surface area (TPSA) is 119 Å². The molecule has 0 radical (unpaired) electrons. The van der Waals surface area contributed by atoms with Gasteiger partial charge in [0, 0.05) is 32.9 Å². The van der Waals surface area contributed by atoms with Gasteiger partial charge in [-0.25, -0.2) is 31.8 Å². The third-order valence-corrected chi connectivity index (χ3v) is 6.21. The lowest BCUT2D eigenvalue weighted by atomic mass is 10.0. The van der Waals surface area contributed by atoms with Gasteiger partial charge in [0.1, 0.15) is 5.56 Å². The van der Waals surface area contributed by atoms with Gasteiger partial charge in [-0.2, -0.15) is 5.10 Å². The molecule has 0 aliphatic heterocycles. The molecule has 0 fully saturated rings. The zero-order valence-electron chi connectivity index (χ0n) is 17.0. The van der Waals surface area contributed by atoms with Crippen molar-refractivity contribution in [3.05, 3.63) is 70.3 Å². The summed E-state index contributed by atoms with van der Waals surface area (Å²) < 4.78 is 51.0. The van der Waals surface area contributed by atoms with Gasteiger partial charge in [0.2, 0.25) is 5.03 Å². The summed E-state index contributed by atoms with van der Waals surface area (Å²) >= 11 is 12.4. The number of rotatable bonds is 6. The lowest BCUT2D eigenvalue weighted by molar-refractivity contribution is 0.0890. The Labute approximate surface area is 202 Å². The van der Waals surface area contributed by atoms with E-state index in [1.54, 1.807) is 48.5 Å². The fourth-order valence-corrected chi connectivity index (χ4v) is 4.41. The van der Waals surface area contributed by atoms with Crippen LogP contribution in [0, 0.1) is 0 Å². The molecule has 0 spiro atoms. The van der Waals surface area contributed by atoms with Gasteiger partial charge in [-0.15, -0.1) is 0 Å². The summed E-state index contributed by atoms with van der Waals surface area (Å²) in [5.41, 5.74) is 1.13. The van der Waals surface area contributed by atoms with Crippen LogP contribution in [0.15, 0.2) is 59.8 Å². The summed E-state index contributed by atoms with van der Waals surface area (Å²) in [6.07, 6.45) is -1.47. The second-order valence-corrected chi connectivity index (χ2v) is 9.39. The van der Waals surface area contributed by atoms with E-state index in [0.717, 1.165) is 4.52 Å². The predicted octanol–water partition coefficient (Wildman–Crippen LogP) is 4.01. The third-order valence-electron chi connectivity index (χ3n) is 4.81. The maximum atomic E-state index is 12.7. The Morgan fingerprint density at radius 1 is 1.09 bits per heavy atom. The number of fused-ring (bicyclic) bond motifs is 1. The van der Waals surface area contributed by atoms with Crippen LogP contribution < -0.4 is 10.5 Å². The number of primary sulfonamides is 1. The SMILES string of the molecule is NS(=O)(=O)c1nn2c(-c3ccc(Cl)cc3)c(-c3ccccc3Cl)cnc2c1C(=O)NCC(F)F. The molecule has 176 valence electrons. The van der Waals surface area contributed by atoms with Crippen LogP contribution in [0.5, 0.6) is 0 Å². The second kappa shape index (κ2) is 9.26. The number of carbonyl (C=O) groups is 1. The molecule has 0 bridgehead atoms. The first-order valence-electron chi connectivity index (χ1n) is 9.59. The number of alkyl halides is 2. The van der Waals surface area contributed by atoms with E-state index in [-0.39, 0.29) is 5.65 Å². The number of sulfonamides is 1. The fraction of sp³-hybridized carbons (Fsp3) is 0.0952. The lowest BCUT2D eigenvalue weighted by Gasteiger charge is -2.13. The molecule has 3 N–H and O–H groups in total. The predicted molar refractivity (Wildman–Crippen MR) is 124 cm³/mol. The van der Waals surface area contributed by atoms with E-state index in [2.05, 4.69) is 10.1 Å². The molecule has 0 aliphatic rings. The summed E-state index contributed by atoms with van der Waals surface area (Å²) in [4.78, 5) is 16.9. The summed E-state index contributed by atoms with van der Waals surface area (Å²) in [5, 5.41) is 11.4. The Hall–Kier alpha value is -3.12.